The Balaban J connectivity index is 1.43. The summed E-state index contributed by atoms with van der Waals surface area (Å²) in [6, 6.07) is 15.9. The lowest BCUT2D eigenvalue weighted by Crippen LogP contribution is -2.40. The third-order valence-corrected chi connectivity index (χ3v) is 3.92. The Hall–Kier alpha value is -2.56. The number of nitrogens with one attached hydrogen (secondary N) is 3. The summed E-state index contributed by atoms with van der Waals surface area (Å²) in [4.78, 5) is 16.3. The van der Waals surface area contributed by atoms with Crippen LogP contribution in [-0.2, 0) is 0 Å². The van der Waals surface area contributed by atoms with E-state index < -0.39 is 0 Å². The van der Waals surface area contributed by atoms with Gasteiger partial charge in [-0.2, -0.15) is 0 Å². The quantitative estimate of drug-likeness (QED) is 0.689. The summed E-state index contributed by atoms with van der Waals surface area (Å²) < 4.78 is 0. The lowest BCUT2D eigenvalue weighted by molar-refractivity contribution is 0.236. The summed E-state index contributed by atoms with van der Waals surface area (Å²) in [5, 5.41) is 9.16. The van der Waals surface area contributed by atoms with Crippen molar-refractivity contribution in [2.45, 2.75) is 18.9 Å². The van der Waals surface area contributed by atoms with E-state index in [1.807, 2.05) is 36.4 Å². The minimum atomic E-state index is -0.117. The number of carbonyl (C=O) groups is 1. The molecule has 3 N–H and O–H groups in total. The van der Waals surface area contributed by atoms with Crippen LogP contribution in [0.25, 0.3) is 0 Å². The van der Waals surface area contributed by atoms with Crippen molar-refractivity contribution >= 4 is 11.8 Å². The van der Waals surface area contributed by atoms with E-state index in [4.69, 9.17) is 0 Å². The molecule has 0 aliphatic heterocycles. The molecule has 1 aromatic heterocycles. The highest BCUT2D eigenvalue weighted by Crippen LogP contribution is 2.40. The standard InChI is InChI=1S/C18H22N4O/c23-18(21-13-12-20-16-8-4-5-11-19-16)22-17(15-9-10-15)14-6-2-1-3-7-14/h1-8,11,15,17H,9-10,12-13H2,(H,19,20)(H2,21,22,23). The molecule has 1 atom stereocenters. The topological polar surface area (TPSA) is 66.0 Å². The first kappa shape index (κ1) is 15.3. The van der Waals surface area contributed by atoms with Gasteiger partial charge in [-0.3, -0.25) is 0 Å². The first-order valence-corrected chi connectivity index (χ1v) is 8.07. The van der Waals surface area contributed by atoms with E-state index in [9.17, 15) is 4.79 Å². The molecular weight excluding hydrogens is 288 g/mol. The van der Waals surface area contributed by atoms with Crippen LogP contribution in [-0.4, -0.2) is 24.1 Å². The molecule has 0 radical (unpaired) electrons. The van der Waals surface area contributed by atoms with Gasteiger partial charge in [0.25, 0.3) is 0 Å². The average Bonchev–Trinajstić information content (AvgIpc) is 3.43. The van der Waals surface area contributed by atoms with Gasteiger partial charge in [0, 0.05) is 19.3 Å². The number of amides is 2. The van der Waals surface area contributed by atoms with Crippen LogP contribution in [0.3, 0.4) is 0 Å². The van der Waals surface area contributed by atoms with Crippen LogP contribution >= 0.6 is 0 Å². The maximum absolute atomic E-state index is 12.1. The molecule has 5 nitrogen and oxygen atoms in total. The van der Waals surface area contributed by atoms with Gasteiger partial charge in [0.2, 0.25) is 0 Å². The lowest BCUT2D eigenvalue weighted by Gasteiger charge is -2.19. The van der Waals surface area contributed by atoms with Crippen LogP contribution in [0.1, 0.15) is 24.4 Å². The number of hydrogen-bond donors (Lipinski definition) is 3. The summed E-state index contributed by atoms with van der Waals surface area (Å²) in [6.45, 7) is 1.19. The molecule has 2 amide bonds. The largest absolute Gasteiger partial charge is 0.368 e. The molecule has 1 aliphatic rings. The molecule has 1 saturated carbocycles. The highest BCUT2D eigenvalue weighted by Gasteiger charge is 2.33. The number of nitrogens with zero attached hydrogens (tertiary/aromatic N) is 1. The second kappa shape index (κ2) is 7.63. The summed E-state index contributed by atoms with van der Waals surface area (Å²) in [7, 11) is 0. The van der Waals surface area contributed by atoms with Crippen molar-refractivity contribution in [3.8, 4) is 0 Å². The SMILES string of the molecule is O=C(NCCNc1ccccn1)NC(c1ccccc1)C1CC1. The van der Waals surface area contributed by atoms with Gasteiger partial charge in [-0.15, -0.1) is 0 Å². The Morgan fingerprint density at radius 1 is 1.09 bits per heavy atom. The number of anilines is 1. The zero-order valence-electron chi connectivity index (χ0n) is 13.0. The summed E-state index contributed by atoms with van der Waals surface area (Å²) in [5.41, 5.74) is 1.18. The molecule has 0 saturated heterocycles. The van der Waals surface area contributed by atoms with Gasteiger partial charge in [0.1, 0.15) is 5.82 Å². The molecule has 1 aliphatic carbocycles. The van der Waals surface area contributed by atoms with Crippen molar-refractivity contribution < 1.29 is 4.79 Å². The summed E-state index contributed by atoms with van der Waals surface area (Å²) in [5.74, 6) is 1.38. The zero-order valence-corrected chi connectivity index (χ0v) is 13.0. The van der Waals surface area contributed by atoms with E-state index >= 15 is 0 Å². The van der Waals surface area contributed by atoms with E-state index in [2.05, 4.69) is 33.1 Å². The fourth-order valence-electron chi connectivity index (χ4n) is 2.59. The first-order chi connectivity index (χ1) is 11.3. The fourth-order valence-corrected chi connectivity index (χ4v) is 2.59. The normalized spacial score (nSPS) is 14.8. The number of aromatic nitrogens is 1. The number of rotatable bonds is 7. The monoisotopic (exact) mass is 310 g/mol. The maximum Gasteiger partial charge on any atom is 0.315 e. The van der Waals surface area contributed by atoms with Gasteiger partial charge in [0.05, 0.1) is 6.04 Å². The van der Waals surface area contributed by atoms with Gasteiger partial charge in [-0.1, -0.05) is 36.4 Å². The number of benzene rings is 1. The highest BCUT2D eigenvalue weighted by molar-refractivity contribution is 5.74. The van der Waals surface area contributed by atoms with Crippen molar-refractivity contribution in [2.75, 3.05) is 18.4 Å². The fraction of sp³-hybridized carbons (Fsp3) is 0.333. The van der Waals surface area contributed by atoms with Crippen molar-refractivity contribution in [3.05, 3.63) is 60.3 Å². The molecule has 120 valence electrons. The summed E-state index contributed by atoms with van der Waals surface area (Å²) in [6.07, 6.45) is 4.10. The molecule has 0 bridgehead atoms. The van der Waals surface area contributed by atoms with Gasteiger partial charge < -0.3 is 16.0 Å². The molecule has 0 spiro atoms. The van der Waals surface area contributed by atoms with Crippen molar-refractivity contribution in [1.82, 2.24) is 15.6 Å². The van der Waals surface area contributed by atoms with E-state index in [1.54, 1.807) is 6.20 Å². The van der Waals surface area contributed by atoms with Gasteiger partial charge >= 0.3 is 6.03 Å². The number of urea groups is 1. The molecule has 1 fully saturated rings. The smallest absolute Gasteiger partial charge is 0.315 e. The van der Waals surface area contributed by atoms with Crippen LogP contribution in [0.5, 0.6) is 0 Å². The van der Waals surface area contributed by atoms with Gasteiger partial charge in [-0.05, 0) is 36.5 Å². The lowest BCUT2D eigenvalue weighted by atomic mass is 10.0. The Bertz CT molecular complexity index is 613. The molecule has 1 aromatic carbocycles. The van der Waals surface area contributed by atoms with Crippen LogP contribution < -0.4 is 16.0 Å². The minimum Gasteiger partial charge on any atom is -0.368 e. The maximum atomic E-state index is 12.1. The Labute approximate surface area is 136 Å². The van der Waals surface area contributed by atoms with E-state index in [-0.39, 0.29) is 12.1 Å². The third-order valence-electron chi connectivity index (χ3n) is 3.92. The molecular formula is C18H22N4O. The second-order valence-corrected chi connectivity index (χ2v) is 5.77. The number of pyridine rings is 1. The zero-order chi connectivity index (χ0) is 15.9. The predicted molar refractivity (Wildman–Crippen MR) is 91.2 cm³/mol. The molecule has 1 heterocycles. The first-order valence-electron chi connectivity index (χ1n) is 8.07. The van der Waals surface area contributed by atoms with Crippen molar-refractivity contribution in [3.63, 3.8) is 0 Å². The Morgan fingerprint density at radius 3 is 2.57 bits per heavy atom. The van der Waals surface area contributed by atoms with E-state index in [0.717, 1.165) is 5.82 Å². The van der Waals surface area contributed by atoms with E-state index in [1.165, 1.54) is 18.4 Å². The van der Waals surface area contributed by atoms with Gasteiger partial charge in [0.15, 0.2) is 0 Å². The summed E-state index contributed by atoms with van der Waals surface area (Å²) >= 11 is 0. The van der Waals surface area contributed by atoms with Crippen LogP contribution in [0.15, 0.2) is 54.7 Å². The Kier molecular flexibility index (Phi) is 5.09. The Morgan fingerprint density at radius 2 is 1.87 bits per heavy atom. The average molecular weight is 310 g/mol. The van der Waals surface area contributed by atoms with Gasteiger partial charge in [-0.25, -0.2) is 9.78 Å². The van der Waals surface area contributed by atoms with E-state index in [0.29, 0.717) is 19.0 Å². The number of carbonyl (C=O) groups excluding carboxylic acids is 1. The van der Waals surface area contributed by atoms with Crippen LogP contribution in [0.4, 0.5) is 10.6 Å². The van der Waals surface area contributed by atoms with Crippen LogP contribution in [0.2, 0.25) is 0 Å². The highest BCUT2D eigenvalue weighted by atomic mass is 16.2. The molecule has 2 aromatic rings. The van der Waals surface area contributed by atoms with Crippen molar-refractivity contribution in [2.24, 2.45) is 5.92 Å². The predicted octanol–water partition coefficient (Wildman–Crippen LogP) is 2.94. The van der Waals surface area contributed by atoms with Crippen LogP contribution in [0, 0.1) is 5.92 Å². The number of hydrogen-bond acceptors (Lipinski definition) is 3. The third kappa shape index (κ3) is 4.71. The molecule has 5 heteroatoms. The minimum absolute atomic E-state index is 0.111. The molecule has 1 unspecified atom stereocenters. The van der Waals surface area contributed by atoms with Crippen molar-refractivity contribution in [1.29, 1.82) is 0 Å². The molecule has 3 rings (SSSR count). The molecule has 23 heavy (non-hydrogen) atoms. The second-order valence-electron chi connectivity index (χ2n) is 5.77.